The van der Waals surface area contributed by atoms with Crippen LogP contribution in [0.15, 0.2) is 10.5 Å². The van der Waals surface area contributed by atoms with E-state index in [0.717, 1.165) is 31.2 Å². The lowest BCUT2D eigenvalue weighted by Gasteiger charge is -2.20. The van der Waals surface area contributed by atoms with Crippen LogP contribution in [0.1, 0.15) is 30.9 Å². The van der Waals surface area contributed by atoms with E-state index in [1.807, 2.05) is 13.8 Å². The lowest BCUT2D eigenvalue weighted by molar-refractivity contribution is 0.309. The van der Waals surface area contributed by atoms with Crippen molar-refractivity contribution >= 4 is 0 Å². The van der Waals surface area contributed by atoms with Gasteiger partial charge in [-0.05, 0) is 40.4 Å². The number of hydrogen-bond acceptors (Lipinski definition) is 3. The molecule has 0 amide bonds. The number of hydrogen-bond donors (Lipinski definition) is 1. The molecule has 0 aliphatic heterocycles. The molecule has 3 heteroatoms. The summed E-state index contributed by atoms with van der Waals surface area (Å²) < 4.78 is 5.50. The number of nitrogens with one attached hydrogen (secondary N) is 1. The summed E-state index contributed by atoms with van der Waals surface area (Å²) in [5, 5.41) is 3.52. The Hall–Kier alpha value is -0.800. The average molecular weight is 224 g/mol. The van der Waals surface area contributed by atoms with Gasteiger partial charge in [-0.2, -0.15) is 0 Å². The first-order valence-electron chi connectivity index (χ1n) is 6.00. The Morgan fingerprint density at radius 3 is 2.62 bits per heavy atom. The van der Waals surface area contributed by atoms with Crippen molar-refractivity contribution in [3.63, 3.8) is 0 Å². The zero-order chi connectivity index (χ0) is 12.1. The summed E-state index contributed by atoms with van der Waals surface area (Å²) in [6.07, 6.45) is 0. The topological polar surface area (TPSA) is 28.4 Å². The zero-order valence-corrected chi connectivity index (χ0v) is 11.1. The van der Waals surface area contributed by atoms with E-state index in [9.17, 15) is 0 Å². The molecular formula is C13H24N2O. The smallest absolute Gasteiger partial charge is 0.105 e. The van der Waals surface area contributed by atoms with Gasteiger partial charge in [0.05, 0.1) is 0 Å². The van der Waals surface area contributed by atoms with Gasteiger partial charge in [-0.3, -0.25) is 0 Å². The van der Waals surface area contributed by atoms with Crippen molar-refractivity contribution in [1.82, 2.24) is 10.2 Å². The van der Waals surface area contributed by atoms with Gasteiger partial charge >= 0.3 is 0 Å². The molecule has 0 bridgehead atoms. The second kappa shape index (κ2) is 6.06. The predicted octanol–water partition coefficient (Wildman–Crippen LogP) is 2.33. The van der Waals surface area contributed by atoms with E-state index in [2.05, 4.69) is 37.2 Å². The van der Waals surface area contributed by atoms with Crippen LogP contribution in [-0.4, -0.2) is 31.1 Å². The minimum Gasteiger partial charge on any atom is -0.466 e. The Bertz CT molecular complexity index is 320. The van der Waals surface area contributed by atoms with Crippen LogP contribution >= 0.6 is 0 Å². The molecule has 0 aliphatic carbocycles. The first kappa shape index (κ1) is 13.3. The van der Waals surface area contributed by atoms with Gasteiger partial charge in [0.15, 0.2) is 0 Å². The van der Waals surface area contributed by atoms with Crippen molar-refractivity contribution in [2.24, 2.45) is 0 Å². The number of rotatable bonds is 6. The Morgan fingerprint density at radius 2 is 2.12 bits per heavy atom. The molecule has 1 aromatic heterocycles. The molecule has 1 atom stereocenters. The molecule has 0 fully saturated rings. The summed E-state index contributed by atoms with van der Waals surface area (Å²) >= 11 is 0. The van der Waals surface area contributed by atoms with Crippen molar-refractivity contribution in [3.8, 4) is 0 Å². The van der Waals surface area contributed by atoms with Crippen LogP contribution < -0.4 is 5.32 Å². The molecule has 0 saturated heterocycles. The van der Waals surface area contributed by atoms with E-state index in [-0.39, 0.29) is 0 Å². The molecule has 0 radical (unpaired) electrons. The summed E-state index contributed by atoms with van der Waals surface area (Å²) in [4.78, 5) is 2.31. The molecule has 0 aliphatic rings. The van der Waals surface area contributed by atoms with E-state index >= 15 is 0 Å². The molecular weight excluding hydrogens is 200 g/mol. The van der Waals surface area contributed by atoms with E-state index in [4.69, 9.17) is 4.42 Å². The Kier molecular flexibility index (Phi) is 5.03. The monoisotopic (exact) mass is 224 g/mol. The molecule has 0 saturated carbocycles. The average Bonchev–Trinajstić information content (AvgIpc) is 2.54. The molecule has 1 aromatic rings. The SMILES string of the molecule is CCN(C)CC(C)NCc1cc(C)oc1C. The first-order chi connectivity index (χ1) is 7.52. The van der Waals surface area contributed by atoms with Gasteiger partial charge in [0, 0.05) is 24.7 Å². The zero-order valence-electron chi connectivity index (χ0n) is 11.1. The third-order valence-corrected chi connectivity index (χ3v) is 2.91. The van der Waals surface area contributed by atoms with Gasteiger partial charge in [0.2, 0.25) is 0 Å². The van der Waals surface area contributed by atoms with E-state index in [1.54, 1.807) is 0 Å². The minimum atomic E-state index is 0.500. The third-order valence-electron chi connectivity index (χ3n) is 2.91. The van der Waals surface area contributed by atoms with E-state index in [0.29, 0.717) is 6.04 Å². The lowest BCUT2D eigenvalue weighted by Crippen LogP contribution is -2.36. The maximum Gasteiger partial charge on any atom is 0.105 e. The highest BCUT2D eigenvalue weighted by Crippen LogP contribution is 2.13. The second-order valence-electron chi connectivity index (χ2n) is 4.58. The highest BCUT2D eigenvalue weighted by Gasteiger charge is 2.07. The van der Waals surface area contributed by atoms with Gasteiger partial charge in [-0.15, -0.1) is 0 Å². The lowest BCUT2D eigenvalue weighted by atomic mass is 10.2. The van der Waals surface area contributed by atoms with Crippen LogP contribution in [0.3, 0.4) is 0 Å². The fraction of sp³-hybridized carbons (Fsp3) is 0.692. The van der Waals surface area contributed by atoms with Crippen LogP contribution in [0.4, 0.5) is 0 Å². The Balaban J connectivity index is 2.36. The molecule has 1 unspecified atom stereocenters. The van der Waals surface area contributed by atoms with Crippen LogP contribution in [0.5, 0.6) is 0 Å². The second-order valence-corrected chi connectivity index (χ2v) is 4.58. The van der Waals surface area contributed by atoms with E-state index in [1.165, 1.54) is 5.56 Å². The quantitative estimate of drug-likeness (QED) is 0.804. The summed E-state index contributed by atoms with van der Waals surface area (Å²) in [6.45, 7) is 11.5. The summed E-state index contributed by atoms with van der Waals surface area (Å²) in [7, 11) is 2.14. The fourth-order valence-electron chi connectivity index (χ4n) is 1.80. The third kappa shape index (κ3) is 3.99. The maximum absolute atomic E-state index is 5.50. The summed E-state index contributed by atoms with van der Waals surface area (Å²) in [6, 6.07) is 2.61. The molecule has 0 aromatic carbocycles. The molecule has 0 spiro atoms. The summed E-state index contributed by atoms with van der Waals surface area (Å²) in [5.74, 6) is 2.02. The number of nitrogens with zero attached hydrogens (tertiary/aromatic N) is 1. The predicted molar refractivity (Wildman–Crippen MR) is 67.7 cm³/mol. The standard InChI is InChI=1S/C13H24N2O/c1-6-15(5)9-10(2)14-8-13-7-11(3)16-12(13)4/h7,10,14H,6,8-9H2,1-5H3. The van der Waals surface area contributed by atoms with Crippen LogP contribution in [0.2, 0.25) is 0 Å². The van der Waals surface area contributed by atoms with Gasteiger partial charge in [0.1, 0.15) is 11.5 Å². The van der Waals surface area contributed by atoms with Gasteiger partial charge < -0.3 is 14.6 Å². The highest BCUT2D eigenvalue weighted by atomic mass is 16.3. The van der Waals surface area contributed by atoms with Gasteiger partial charge in [0.25, 0.3) is 0 Å². The fourth-order valence-corrected chi connectivity index (χ4v) is 1.80. The minimum absolute atomic E-state index is 0.500. The normalized spacial score (nSPS) is 13.4. The Morgan fingerprint density at radius 1 is 1.44 bits per heavy atom. The molecule has 1 heterocycles. The Labute approximate surface area is 98.8 Å². The van der Waals surface area contributed by atoms with Crippen molar-refractivity contribution < 1.29 is 4.42 Å². The first-order valence-corrected chi connectivity index (χ1v) is 6.00. The van der Waals surface area contributed by atoms with Crippen molar-refractivity contribution in [2.45, 2.75) is 40.3 Å². The van der Waals surface area contributed by atoms with E-state index < -0.39 is 0 Å². The van der Waals surface area contributed by atoms with Crippen molar-refractivity contribution in [1.29, 1.82) is 0 Å². The number of furan rings is 1. The largest absolute Gasteiger partial charge is 0.466 e. The van der Waals surface area contributed by atoms with Crippen LogP contribution in [0.25, 0.3) is 0 Å². The summed E-state index contributed by atoms with van der Waals surface area (Å²) in [5.41, 5.74) is 1.27. The molecule has 3 nitrogen and oxygen atoms in total. The molecule has 1 rings (SSSR count). The van der Waals surface area contributed by atoms with Crippen molar-refractivity contribution in [3.05, 3.63) is 23.2 Å². The highest BCUT2D eigenvalue weighted by molar-refractivity contribution is 5.19. The molecule has 16 heavy (non-hydrogen) atoms. The van der Waals surface area contributed by atoms with Crippen LogP contribution in [-0.2, 0) is 6.54 Å². The van der Waals surface area contributed by atoms with Gasteiger partial charge in [-0.25, -0.2) is 0 Å². The van der Waals surface area contributed by atoms with Crippen LogP contribution in [0, 0.1) is 13.8 Å². The molecule has 92 valence electrons. The van der Waals surface area contributed by atoms with Crippen molar-refractivity contribution in [2.75, 3.05) is 20.1 Å². The maximum atomic E-state index is 5.50. The number of aryl methyl sites for hydroxylation is 2. The number of likely N-dealkylation sites (N-methyl/N-ethyl adjacent to an activating group) is 1. The molecule has 1 N–H and O–H groups in total. The van der Waals surface area contributed by atoms with Gasteiger partial charge in [-0.1, -0.05) is 6.92 Å².